The van der Waals surface area contributed by atoms with Crippen LogP contribution in [-0.4, -0.2) is 29.7 Å². The monoisotopic (exact) mass is 146 g/mol. The van der Waals surface area contributed by atoms with Gasteiger partial charge in [0.25, 0.3) is 10.1 Å². The molecule has 0 unspecified atom stereocenters. The summed E-state index contributed by atoms with van der Waals surface area (Å²) in [6, 6.07) is 0. The standard InChI is InChI=1S/C2H6O3S.2H2O/c1-2-6(3,4)5;;/h2H2,1H3,(H,3,4,5);2*1H2. The van der Waals surface area contributed by atoms with Crippen molar-refractivity contribution in [2.24, 2.45) is 0 Å². The molecule has 0 aliphatic heterocycles. The highest BCUT2D eigenvalue weighted by Crippen LogP contribution is 1.74. The van der Waals surface area contributed by atoms with Gasteiger partial charge in [-0.25, -0.2) is 0 Å². The van der Waals surface area contributed by atoms with Crippen LogP contribution in [-0.2, 0) is 10.1 Å². The van der Waals surface area contributed by atoms with E-state index in [-0.39, 0.29) is 16.7 Å². The minimum Gasteiger partial charge on any atom is -0.412 e. The molecule has 54 valence electrons. The molecular weight excluding hydrogens is 136 g/mol. The highest BCUT2D eigenvalue weighted by atomic mass is 32.2. The van der Waals surface area contributed by atoms with Crippen LogP contribution in [0.1, 0.15) is 6.92 Å². The van der Waals surface area contributed by atoms with Gasteiger partial charge >= 0.3 is 0 Å². The van der Waals surface area contributed by atoms with Gasteiger partial charge in [-0.2, -0.15) is 8.42 Å². The zero-order valence-electron chi connectivity index (χ0n) is 4.38. The van der Waals surface area contributed by atoms with Crippen molar-refractivity contribution < 1.29 is 23.9 Å². The van der Waals surface area contributed by atoms with Gasteiger partial charge in [0.05, 0.1) is 5.75 Å². The smallest absolute Gasteiger partial charge is 0.264 e. The molecular formula is C2H10O5S. The van der Waals surface area contributed by atoms with Crippen LogP contribution in [0.4, 0.5) is 0 Å². The number of hydrogen-bond donors (Lipinski definition) is 1. The van der Waals surface area contributed by atoms with Gasteiger partial charge in [0.1, 0.15) is 0 Å². The van der Waals surface area contributed by atoms with Crippen molar-refractivity contribution in [1.29, 1.82) is 0 Å². The van der Waals surface area contributed by atoms with Gasteiger partial charge in [0.2, 0.25) is 0 Å². The average Bonchev–Trinajstić information content (AvgIpc) is 1.35. The minimum absolute atomic E-state index is 0. The lowest BCUT2D eigenvalue weighted by atomic mass is 11.0. The summed E-state index contributed by atoms with van der Waals surface area (Å²) in [5.74, 6) is -0.201. The first-order valence-corrected chi connectivity index (χ1v) is 3.12. The van der Waals surface area contributed by atoms with Crippen molar-refractivity contribution in [3.63, 3.8) is 0 Å². The first kappa shape index (κ1) is 15.7. The Labute approximate surface area is 47.7 Å². The Bertz CT molecular complexity index is 112. The Kier molecular flexibility index (Phi) is 9.74. The van der Waals surface area contributed by atoms with E-state index in [0.717, 1.165) is 0 Å². The maximum atomic E-state index is 9.56. The molecule has 0 saturated heterocycles. The van der Waals surface area contributed by atoms with E-state index in [1.165, 1.54) is 6.92 Å². The second-order valence-corrected chi connectivity index (χ2v) is 2.61. The molecule has 5 nitrogen and oxygen atoms in total. The summed E-state index contributed by atoms with van der Waals surface area (Å²) >= 11 is 0. The normalized spacial score (nSPS) is 8.75. The summed E-state index contributed by atoms with van der Waals surface area (Å²) in [6.07, 6.45) is 0. The Hall–Kier alpha value is -0.170. The average molecular weight is 146 g/mol. The summed E-state index contributed by atoms with van der Waals surface area (Å²) in [7, 11) is -3.66. The fraction of sp³-hybridized carbons (Fsp3) is 1.00. The predicted octanol–water partition coefficient (Wildman–Crippen LogP) is -1.76. The van der Waals surface area contributed by atoms with Crippen LogP contribution in [0, 0.1) is 0 Å². The quantitative estimate of drug-likeness (QED) is 0.441. The predicted molar refractivity (Wildman–Crippen MR) is 29.3 cm³/mol. The maximum Gasteiger partial charge on any atom is 0.264 e. The van der Waals surface area contributed by atoms with E-state index in [2.05, 4.69) is 0 Å². The molecule has 0 aromatic heterocycles. The molecule has 0 spiro atoms. The lowest BCUT2D eigenvalue weighted by molar-refractivity contribution is 0.484. The fourth-order valence-corrected chi connectivity index (χ4v) is 0. The lowest BCUT2D eigenvalue weighted by Gasteiger charge is -1.79. The van der Waals surface area contributed by atoms with Crippen molar-refractivity contribution >= 4 is 10.1 Å². The molecule has 0 radical (unpaired) electrons. The Morgan fingerprint density at radius 2 is 1.50 bits per heavy atom. The molecule has 8 heavy (non-hydrogen) atoms. The number of rotatable bonds is 1. The topological polar surface area (TPSA) is 117 Å². The van der Waals surface area contributed by atoms with Crippen molar-refractivity contribution in [3.8, 4) is 0 Å². The molecule has 0 aromatic carbocycles. The van der Waals surface area contributed by atoms with Gasteiger partial charge in [0.15, 0.2) is 0 Å². The molecule has 0 bridgehead atoms. The van der Waals surface area contributed by atoms with Gasteiger partial charge in [-0.1, -0.05) is 0 Å². The van der Waals surface area contributed by atoms with Crippen molar-refractivity contribution in [2.75, 3.05) is 5.75 Å². The van der Waals surface area contributed by atoms with Crippen LogP contribution < -0.4 is 0 Å². The highest BCUT2D eigenvalue weighted by Gasteiger charge is 1.93. The maximum absolute atomic E-state index is 9.56. The zero-order valence-corrected chi connectivity index (χ0v) is 5.20. The van der Waals surface area contributed by atoms with Gasteiger partial charge in [-0.15, -0.1) is 0 Å². The molecule has 0 aliphatic rings. The molecule has 6 heteroatoms. The lowest BCUT2D eigenvalue weighted by Crippen LogP contribution is -1.97. The van der Waals surface area contributed by atoms with Gasteiger partial charge in [-0.3, -0.25) is 4.55 Å². The van der Waals surface area contributed by atoms with Crippen LogP contribution in [0.3, 0.4) is 0 Å². The highest BCUT2D eigenvalue weighted by molar-refractivity contribution is 7.85. The molecule has 0 fully saturated rings. The van der Waals surface area contributed by atoms with E-state index in [9.17, 15) is 8.42 Å². The zero-order chi connectivity index (χ0) is 5.21. The molecule has 0 aliphatic carbocycles. The number of hydrogen-bond acceptors (Lipinski definition) is 2. The second-order valence-electron chi connectivity index (χ2n) is 0.871. The van der Waals surface area contributed by atoms with Crippen LogP contribution in [0.2, 0.25) is 0 Å². The first-order chi connectivity index (χ1) is 2.56. The van der Waals surface area contributed by atoms with Crippen LogP contribution >= 0.6 is 0 Å². The van der Waals surface area contributed by atoms with E-state index in [1.54, 1.807) is 0 Å². The van der Waals surface area contributed by atoms with Gasteiger partial charge in [-0.05, 0) is 6.92 Å². The van der Waals surface area contributed by atoms with Crippen LogP contribution in [0.25, 0.3) is 0 Å². The Morgan fingerprint density at radius 1 is 1.38 bits per heavy atom. The van der Waals surface area contributed by atoms with Gasteiger partial charge in [0, 0.05) is 0 Å². The van der Waals surface area contributed by atoms with E-state index in [4.69, 9.17) is 4.55 Å². The molecule has 0 aromatic rings. The molecule has 5 N–H and O–H groups in total. The third-order valence-electron chi connectivity index (χ3n) is 0.365. The molecule has 0 saturated carbocycles. The largest absolute Gasteiger partial charge is 0.412 e. The molecule has 0 amide bonds. The summed E-state index contributed by atoms with van der Waals surface area (Å²) in [5, 5.41) is 0. The third-order valence-corrected chi connectivity index (χ3v) is 1.09. The summed E-state index contributed by atoms with van der Waals surface area (Å²) in [6.45, 7) is 1.37. The van der Waals surface area contributed by atoms with Crippen molar-refractivity contribution in [1.82, 2.24) is 0 Å². The van der Waals surface area contributed by atoms with Crippen LogP contribution in [0.15, 0.2) is 0 Å². The summed E-state index contributed by atoms with van der Waals surface area (Å²) in [5.41, 5.74) is 0. The molecule has 0 heterocycles. The van der Waals surface area contributed by atoms with Crippen molar-refractivity contribution in [2.45, 2.75) is 6.92 Å². The first-order valence-electron chi connectivity index (χ1n) is 1.51. The van der Waals surface area contributed by atoms with Crippen LogP contribution in [0.5, 0.6) is 0 Å². The molecule has 0 rings (SSSR count). The SMILES string of the molecule is CCS(=O)(=O)O.O.O. The van der Waals surface area contributed by atoms with E-state index < -0.39 is 10.1 Å². The third kappa shape index (κ3) is 17.0. The Balaban J connectivity index is -0.000000125. The Morgan fingerprint density at radius 3 is 1.50 bits per heavy atom. The molecule has 0 atom stereocenters. The van der Waals surface area contributed by atoms with E-state index in [0.29, 0.717) is 0 Å². The minimum atomic E-state index is -3.66. The van der Waals surface area contributed by atoms with E-state index >= 15 is 0 Å². The summed E-state index contributed by atoms with van der Waals surface area (Å²) in [4.78, 5) is 0. The summed E-state index contributed by atoms with van der Waals surface area (Å²) < 4.78 is 26.9. The fourth-order valence-electron chi connectivity index (χ4n) is 0. The van der Waals surface area contributed by atoms with Gasteiger partial charge < -0.3 is 11.0 Å². The second kappa shape index (κ2) is 4.98. The van der Waals surface area contributed by atoms with Crippen molar-refractivity contribution in [3.05, 3.63) is 0 Å². The van der Waals surface area contributed by atoms with E-state index in [1.807, 2.05) is 0 Å².